The van der Waals surface area contributed by atoms with Gasteiger partial charge >= 0.3 is 0 Å². The van der Waals surface area contributed by atoms with E-state index in [0.717, 1.165) is 34.3 Å². The van der Waals surface area contributed by atoms with E-state index < -0.39 is 47.5 Å². The number of imidazole rings is 1. The van der Waals surface area contributed by atoms with Crippen molar-refractivity contribution in [1.29, 1.82) is 0 Å². The number of Topliss-reactive ketones (excluding diaryl/α,β-unsaturated/α-hetero) is 1. The molecule has 15 heteroatoms. The molecule has 0 aliphatic carbocycles. The van der Waals surface area contributed by atoms with Crippen LogP contribution in [-0.2, 0) is 56.9 Å². The van der Waals surface area contributed by atoms with Crippen LogP contribution >= 0.6 is 23.2 Å². The second kappa shape index (κ2) is 21.6. The van der Waals surface area contributed by atoms with Crippen molar-refractivity contribution >= 4 is 46.7 Å². The fourth-order valence-electron chi connectivity index (χ4n) is 9.47. The number of fused-ring (bicyclic) bond motifs is 2. The number of hydrogen-bond donors (Lipinski definition) is 0. The first-order valence-corrected chi connectivity index (χ1v) is 23.4. The molecule has 3 heterocycles. The summed E-state index contributed by atoms with van der Waals surface area (Å²) in [5, 5.41) is 0.649. The fraction of sp³-hybridized carbons (Fsp3) is 0.404. The Morgan fingerprint density at radius 1 is 0.866 bits per heavy atom. The first-order chi connectivity index (χ1) is 32.0. The smallest absolute Gasteiger partial charge is 0.228 e. The molecule has 0 N–H and O–H groups in total. The largest absolute Gasteiger partial charge is 0.457 e. The monoisotopic (exact) mass is 952 g/mol. The van der Waals surface area contributed by atoms with Gasteiger partial charge in [-0.2, -0.15) is 0 Å². The highest BCUT2D eigenvalue weighted by Gasteiger charge is 2.46. The number of carbonyl (C=O) groups is 4. The van der Waals surface area contributed by atoms with Crippen LogP contribution in [0.1, 0.15) is 55.1 Å². The number of carbonyl (C=O) groups excluding carboxylic acids is 4. The molecule has 0 saturated carbocycles. The van der Waals surface area contributed by atoms with Crippen molar-refractivity contribution in [3.05, 3.63) is 136 Å². The number of piperidine rings is 1. The zero-order valence-corrected chi connectivity index (χ0v) is 40.5. The molecule has 354 valence electrons. The third-order valence-corrected chi connectivity index (χ3v) is 13.7. The van der Waals surface area contributed by atoms with Crippen LogP contribution in [0.4, 0.5) is 4.39 Å². The van der Waals surface area contributed by atoms with Crippen LogP contribution in [0.5, 0.6) is 11.5 Å². The number of hydrogen-bond acceptors (Lipinski definition) is 8. The molecule has 0 unspecified atom stereocenters. The van der Waals surface area contributed by atoms with E-state index in [9.17, 15) is 9.59 Å². The molecule has 0 radical (unpaired) electrons. The number of likely N-dealkylation sites (N-methyl/N-ethyl adjacent to an activating group) is 1. The van der Waals surface area contributed by atoms with Crippen molar-refractivity contribution in [2.45, 2.75) is 70.1 Å². The Kier molecular flexibility index (Phi) is 15.9. The molecule has 67 heavy (non-hydrogen) atoms. The van der Waals surface area contributed by atoms with E-state index in [1.807, 2.05) is 91.4 Å². The van der Waals surface area contributed by atoms with E-state index in [2.05, 4.69) is 4.98 Å². The van der Waals surface area contributed by atoms with Crippen molar-refractivity contribution < 1.29 is 33.0 Å². The Balaban J connectivity index is 1.25. The minimum Gasteiger partial charge on any atom is -0.457 e. The van der Waals surface area contributed by atoms with Gasteiger partial charge < -0.3 is 33.6 Å². The molecule has 5 aromatic rings. The lowest BCUT2D eigenvalue weighted by molar-refractivity contribution is -0.154. The third kappa shape index (κ3) is 11.6. The normalized spacial score (nSPS) is 21.0. The van der Waals surface area contributed by atoms with Crippen LogP contribution in [0.25, 0.3) is 11.3 Å². The number of ether oxygens (including phenoxy) is 2. The van der Waals surface area contributed by atoms with Gasteiger partial charge in [0.15, 0.2) is 5.78 Å². The first kappa shape index (κ1) is 49.3. The SMILES string of the molecule is COC[C@@H]1CC(=O)[C@H](C)N(Cc2c(F)cc(Cl)cc2Oc2ccc(-c3cnc(CN(C)C)n3C)cc2)C(=O)C[C@@H](Cc2ccccc2)C(=O)N2CCC[C@@](Cc3ccc(Cl)cc3)(C2)N(C)C1=O. The molecule has 0 spiro atoms. The maximum atomic E-state index is 16.4. The number of benzene rings is 4. The van der Waals surface area contributed by atoms with Gasteiger partial charge in [-0.15, -0.1) is 0 Å². The molecule has 2 aliphatic heterocycles. The molecule has 2 aliphatic rings. The quantitative estimate of drug-likeness (QED) is 0.115. The summed E-state index contributed by atoms with van der Waals surface area (Å²) in [4.78, 5) is 70.9. The molecule has 1 aromatic heterocycles. The molecule has 2 fully saturated rings. The van der Waals surface area contributed by atoms with Crippen molar-refractivity contribution in [2.24, 2.45) is 18.9 Å². The van der Waals surface area contributed by atoms with Crippen LogP contribution in [-0.4, -0.2) is 112 Å². The van der Waals surface area contributed by atoms with E-state index in [1.54, 1.807) is 48.0 Å². The molecule has 2 saturated heterocycles. The van der Waals surface area contributed by atoms with E-state index in [1.165, 1.54) is 18.1 Å². The third-order valence-electron chi connectivity index (χ3n) is 13.2. The predicted octanol–water partition coefficient (Wildman–Crippen LogP) is 8.65. The van der Waals surface area contributed by atoms with Crippen LogP contribution in [0.3, 0.4) is 0 Å². The van der Waals surface area contributed by atoms with Crippen molar-refractivity contribution in [1.82, 2.24) is 29.2 Å². The second-order valence-electron chi connectivity index (χ2n) is 18.2. The summed E-state index contributed by atoms with van der Waals surface area (Å²) in [5.74, 6) is -2.69. The minimum absolute atomic E-state index is 0.0132. The maximum absolute atomic E-state index is 16.4. The Hall–Kier alpha value is -5.60. The van der Waals surface area contributed by atoms with Crippen LogP contribution in [0.2, 0.25) is 10.0 Å². The van der Waals surface area contributed by atoms with Gasteiger partial charge in [0, 0.05) is 68.3 Å². The van der Waals surface area contributed by atoms with Gasteiger partial charge in [0.05, 0.1) is 55.0 Å². The Morgan fingerprint density at radius 3 is 2.27 bits per heavy atom. The second-order valence-corrected chi connectivity index (χ2v) is 19.1. The molecule has 4 aromatic carbocycles. The topological polar surface area (TPSA) is 118 Å². The lowest BCUT2D eigenvalue weighted by atomic mass is 9.80. The Morgan fingerprint density at radius 2 is 1.58 bits per heavy atom. The van der Waals surface area contributed by atoms with E-state index in [-0.39, 0.29) is 60.6 Å². The van der Waals surface area contributed by atoms with Gasteiger partial charge in [0.1, 0.15) is 23.1 Å². The van der Waals surface area contributed by atoms with Gasteiger partial charge in [-0.05, 0) is 106 Å². The summed E-state index contributed by atoms with van der Waals surface area (Å²) < 4.78 is 30.3. The van der Waals surface area contributed by atoms with Crippen LogP contribution in [0.15, 0.2) is 97.2 Å². The van der Waals surface area contributed by atoms with Crippen molar-refractivity contribution in [3.8, 4) is 22.8 Å². The summed E-state index contributed by atoms with van der Waals surface area (Å²) in [7, 11) is 9.13. The zero-order valence-electron chi connectivity index (χ0n) is 39.0. The average molecular weight is 954 g/mol. The number of halogens is 3. The van der Waals surface area contributed by atoms with Crippen LogP contribution < -0.4 is 4.74 Å². The average Bonchev–Trinajstić information content (AvgIpc) is 3.66. The summed E-state index contributed by atoms with van der Waals surface area (Å²) in [6.45, 7) is 2.43. The van der Waals surface area contributed by atoms with Crippen LogP contribution in [0, 0.1) is 17.7 Å². The summed E-state index contributed by atoms with van der Waals surface area (Å²) >= 11 is 12.7. The molecule has 3 amide bonds. The molecule has 12 nitrogen and oxygen atoms in total. The Bertz CT molecular complexity index is 2560. The lowest BCUT2D eigenvalue weighted by Crippen LogP contribution is -2.63. The number of nitrogens with zero attached hydrogens (tertiary/aromatic N) is 6. The maximum Gasteiger partial charge on any atom is 0.228 e. The molecule has 2 bridgehead atoms. The highest BCUT2D eigenvalue weighted by atomic mass is 35.5. The predicted molar refractivity (Wildman–Crippen MR) is 257 cm³/mol. The Labute approximate surface area is 402 Å². The molecular formula is C52H59Cl2FN6O6. The first-order valence-electron chi connectivity index (χ1n) is 22.6. The highest BCUT2D eigenvalue weighted by molar-refractivity contribution is 6.31. The number of amides is 3. The van der Waals surface area contributed by atoms with Gasteiger partial charge in [0.2, 0.25) is 17.7 Å². The number of aromatic nitrogens is 2. The van der Waals surface area contributed by atoms with Gasteiger partial charge in [-0.1, -0.05) is 65.7 Å². The standard InChI is InChI=1S/C52H59Cl2FN6O6/c1-34-46(62)24-39(32-66-6)50(64)59(5)52(28-36-13-17-40(53)18-14-36)21-10-22-60(33-52)51(65)38(23-35-11-8-7-9-12-35)25-49(63)61(34)30-43-44(55)26-41(54)27-47(43)67-42-19-15-37(16-20-42)45-29-56-48(58(45)4)31-57(2)3/h7-9,11-20,26-27,29,34,38-39H,10,21-25,28,30-33H2,1-6H3/t34-,38+,39-,52+/m0/s1. The molecule has 7 rings (SSSR count). The fourth-order valence-corrected chi connectivity index (χ4v) is 9.79. The van der Waals surface area contributed by atoms with Gasteiger partial charge in [-0.25, -0.2) is 9.37 Å². The van der Waals surface area contributed by atoms with E-state index in [4.69, 9.17) is 32.7 Å². The van der Waals surface area contributed by atoms with Crippen molar-refractivity contribution in [2.75, 3.05) is 47.9 Å². The zero-order chi connectivity index (χ0) is 48.0. The number of methoxy groups -OCH3 is 1. The van der Waals surface area contributed by atoms with E-state index >= 15 is 14.0 Å². The molecule has 4 atom stereocenters. The molecular weight excluding hydrogens is 895 g/mol. The highest BCUT2D eigenvalue weighted by Crippen LogP contribution is 2.37. The summed E-state index contributed by atoms with van der Waals surface area (Å²) in [6.07, 6.45) is 3.17. The lowest BCUT2D eigenvalue weighted by Gasteiger charge is -2.50. The van der Waals surface area contributed by atoms with Crippen molar-refractivity contribution in [3.63, 3.8) is 0 Å². The number of rotatable bonds is 13. The van der Waals surface area contributed by atoms with Gasteiger partial charge in [0.25, 0.3) is 0 Å². The summed E-state index contributed by atoms with van der Waals surface area (Å²) in [6, 6.07) is 25.6. The van der Waals surface area contributed by atoms with E-state index in [0.29, 0.717) is 43.1 Å². The number of ketones is 1. The van der Waals surface area contributed by atoms with Gasteiger partial charge in [-0.3, -0.25) is 19.2 Å². The minimum atomic E-state index is -1.15. The summed E-state index contributed by atoms with van der Waals surface area (Å²) in [5.41, 5.74) is 2.73.